The number of nitrogens with zero attached hydrogens (tertiary/aromatic N) is 4. The molecule has 1 aliphatic heterocycles. The summed E-state index contributed by atoms with van der Waals surface area (Å²) in [5.41, 5.74) is 2.66. The van der Waals surface area contributed by atoms with Gasteiger partial charge in [0.05, 0.1) is 12.6 Å². The van der Waals surface area contributed by atoms with Crippen LogP contribution in [0, 0.1) is 6.92 Å². The Morgan fingerprint density at radius 2 is 1.80 bits per heavy atom. The predicted octanol–water partition coefficient (Wildman–Crippen LogP) is 1.28. The standard InChI is InChI=1S/C11H12N4/c1-9-2-4-10(5-3-9)11-6-15(11)14-7-12-13-8-14/h2-5,7-8,11H,6H2,1H3. The van der Waals surface area contributed by atoms with Gasteiger partial charge in [-0.15, -0.1) is 10.2 Å². The van der Waals surface area contributed by atoms with Crippen LogP contribution in [-0.2, 0) is 0 Å². The second-order valence-electron chi connectivity index (χ2n) is 3.89. The Morgan fingerprint density at radius 1 is 1.13 bits per heavy atom. The molecule has 0 amide bonds. The molecule has 1 aromatic heterocycles. The first-order valence-corrected chi connectivity index (χ1v) is 5.03. The monoisotopic (exact) mass is 200 g/mol. The molecule has 0 bridgehead atoms. The first kappa shape index (κ1) is 8.47. The molecule has 1 fully saturated rings. The van der Waals surface area contributed by atoms with Crippen molar-refractivity contribution in [2.24, 2.45) is 0 Å². The van der Waals surface area contributed by atoms with Crippen LogP contribution in [0.15, 0.2) is 36.9 Å². The van der Waals surface area contributed by atoms with Crippen molar-refractivity contribution >= 4 is 0 Å². The van der Waals surface area contributed by atoms with Gasteiger partial charge in [0.2, 0.25) is 0 Å². The summed E-state index contributed by atoms with van der Waals surface area (Å²) in [6, 6.07) is 9.16. The fourth-order valence-corrected chi connectivity index (χ4v) is 1.78. The molecule has 2 aromatic rings. The van der Waals surface area contributed by atoms with E-state index >= 15 is 0 Å². The van der Waals surface area contributed by atoms with E-state index in [-0.39, 0.29) is 0 Å². The van der Waals surface area contributed by atoms with Gasteiger partial charge in [0.25, 0.3) is 0 Å². The zero-order valence-electron chi connectivity index (χ0n) is 8.54. The van der Waals surface area contributed by atoms with E-state index in [2.05, 4.69) is 46.4 Å². The van der Waals surface area contributed by atoms with Gasteiger partial charge in [0.15, 0.2) is 0 Å². The van der Waals surface area contributed by atoms with Crippen LogP contribution >= 0.6 is 0 Å². The molecule has 0 spiro atoms. The highest BCUT2D eigenvalue weighted by atomic mass is 15.7. The topological polar surface area (TPSA) is 33.7 Å². The number of aromatic nitrogens is 3. The van der Waals surface area contributed by atoms with Gasteiger partial charge in [-0.25, -0.2) is 4.68 Å². The summed E-state index contributed by atoms with van der Waals surface area (Å²) < 4.78 is 1.94. The van der Waals surface area contributed by atoms with Gasteiger partial charge >= 0.3 is 0 Å². The van der Waals surface area contributed by atoms with Gasteiger partial charge in [-0.05, 0) is 12.5 Å². The van der Waals surface area contributed by atoms with E-state index in [0.29, 0.717) is 6.04 Å². The molecule has 1 unspecified atom stereocenters. The summed E-state index contributed by atoms with van der Waals surface area (Å²) in [4.78, 5) is 0. The van der Waals surface area contributed by atoms with Crippen molar-refractivity contribution in [3.8, 4) is 0 Å². The maximum Gasteiger partial charge on any atom is 0.139 e. The van der Waals surface area contributed by atoms with Crippen molar-refractivity contribution in [1.29, 1.82) is 0 Å². The van der Waals surface area contributed by atoms with Gasteiger partial charge < -0.3 is 0 Å². The average molecular weight is 200 g/mol. The number of aryl methyl sites for hydroxylation is 1. The third-order valence-electron chi connectivity index (χ3n) is 2.75. The van der Waals surface area contributed by atoms with Crippen LogP contribution in [-0.4, -0.2) is 21.4 Å². The lowest BCUT2D eigenvalue weighted by atomic mass is 10.1. The molecule has 1 saturated heterocycles. The predicted molar refractivity (Wildman–Crippen MR) is 57.0 cm³/mol. The Hall–Kier alpha value is -1.84. The SMILES string of the molecule is Cc1ccc(C2CN2n2cnnc2)cc1. The molecule has 15 heavy (non-hydrogen) atoms. The fraction of sp³-hybridized carbons (Fsp3) is 0.273. The second-order valence-corrected chi connectivity index (χ2v) is 3.89. The molecule has 4 nitrogen and oxygen atoms in total. The van der Waals surface area contributed by atoms with Crippen LogP contribution in [0.1, 0.15) is 17.2 Å². The van der Waals surface area contributed by atoms with Crippen molar-refractivity contribution in [3.63, 3.8) is 0 Å². The average Bonchev–Trinajstić information content (AvgIpc) is 2.87. The molecular formula is C11H12N4. The number of hydrogen-bond donors (Lipinski definition) is 0. The van der Waals surface area contributed by atoms with Crippen molar-refractivity contribution in [2.75, 3.05) is 11.6 Å². The van der Waals surface area contributed by atoms with Gasteiger partial charge in [0.1, 0.15) is 12.7 Å². The smallest absolute Gasteiger partial charge is 0.139 e. The Kier molecular flexibility index (Phi) is 1.74. The van der Waals surface area contributed by atoms with Gasteiger partial charge in [-0.1, -0.05) is 29.8 Å². The molecular weight excluding hydrogens is 188 g/mol. The zero-order valence-corrected chi connectivity index (χ0v) is 8.54. The van der Waals surface area contributed by atoms with E-state index in [1.165, 1.54) is 11.1 Å². The number of hydrogen-bond acceptors (Lipinski definition) is 3. The van der Waals surface area contributed by atoms with Gasteiger partial charge in [-0.3, -0.25) is 5.01 Å². The fourth-order valence-electron chi connectivity index (χ4n) is 1.78. The molecule has 2 heterocycles. The van der Waals surface area contributed by atoms with E-state index in [4.69, 9.17) is 0 Å². The number of rotatable bonds is 2. The largest absolute Gasteiger partial charge is 0.299 e. The minimum Gasteiger partial charge on any atom is -0.299 e. The molecule has 0 radical (unpaired) electrons. The Labute approximate surface area is 88.1 Å². The Bertz CT molecular complexity index is 446. The summed E-state index contributed by atoms with van der Waals surface area (Å²) in [6.45, 7) is 3.15. The summed E-state index contributed by atoms with van der Waals surface area (Å²) in [5.74, 6) is 0. The molecule has 76 valence electrons. The summed E-state index contributed by atoms with van der Waals surface area (Å²) in [6.07, 6.45) is 3.46. The lowest BCUT2D eigenvalue weighted by Crippen LogP contribution is -2.10. The molecule has 0 saturated carbocycles. The maximum absolute atomic E-state index is 3.80. The van der Waals surface area contributed by atoms with Crippen molar-refractivity contribution in [2.45, 2.75) is 13.0 Å². The molecule has 0 N–H and O–H groups in total. The third kappa shape index (κ3) is 1.48. The van der Waals surface area contributed by atoms with Crippen LogP contribution in [0.5, 0.6) is 0 Å². The summed E-state index contributed by atoms with van der Waals surface area (Å²) in [7, 11) is 0. The lowest BCUT2D eigenvalue weighted by molar-refractivity contribution is 0.793. The minimum absolute atomic E-state index is 0.488. The Morgan fingerprint density at radius 3 is 2.47 bits per heavy atom. The van der Waals surface area contributed by atoms with E-state index in [0.717, 1.165) is 6.54 Å². The summed E-state index contributed by atoms with van der Waals surface area (Å²) in [5, 5.41) is 9.81. The van der Waals surface area contributed by atoms with Crippen LogP contribution < -0.4 is 5.01 Å². The molecule has 4 heteroatoms. The van der Waals surface area contributed by atoms with Gasteiger partial charge in [0, 0.05) is 0 Å². The molecule has 1 aliphatic rings. The molecule has 1 atom stereocenters. The van der Waals surface area contributed by atoms with E-state index in [1.54, 1.807) is 12.7 Å². The first-order chi connectivity index (χ1) is 7.34. The highest BCUT2D eigenvalue weighted by Gasteiger charge is 2.35. The molecule has 1 aromatic carbocycles. The first-order valence-electron chi connectivity index (χ1n) is 5.03. The highest BCUT2D eigenvalue weighted by Crippen LogP contribution is 2.32. The van der Waals surface area contributed by atoms with Crippen molar-refractivity contribution in [3.05, 3.63) is 48.0 Å². The Balaban J connectivity index is 1.79. The quantitative estimate of drug-likeness (QED) is 0.685. The van der Waals surface area contributed by atoms with Crippen LogP contribution in [0.25, 0.3) is 0 Å². The minimum atomic E-state index is 0.488. The molecule has 3 rings (SSSR count). The zero-order chi connectivity index (χ0) is 10.3. The van der Waals surface area contributed by atoms with E-state index in [9.17, 15) is 0 Å². The summed E-state index contributed by atoms with van der Waals surface area (Å²) >= 11 is 0. The molecule has 0 aliphatic carbocycles. The normalized spacial score (nSPS) is 19.3. The highest BCUT2D eigenvalue weighted by molar-refractivity contribution is 5.33. The van der Waals surface area contributed by atoms with Crippen LogP contribution in [0.2, 0.25) is 0 Å². The van der Waals surface area contributed by atoms with E-state index < -0.39 is 0 Å². The van der Waals surface area contributed by atoms with Crippen LogP contribution in [0.3, 0.4) is 0 Å². The van der Waals surface area contributed by atoms with Crippen LogP contribution in [0.4, 0.5) is 0 Å². The maximum atomic E-state index is 3.80. The van der Waals surface area contributed by atoms with Gasteiger partial charge in [-0.2, -0.15) is 0 Å². The lowest BCUT2D eigenvalue weighted by Gasteiger charge is -2.04. The van der Waals surface area contributed by atoms with Crippen molar-refractivity contribution < 1.29 is 0 Å². The van der Waals surface area contributed by atoms with E-state index in [1.807, 2.05) is 4.68 Å². The van der Waals surface area contributed by atoms with Crippen molar-refractivity contribution in [1.82, 2.24) is 14.9 Å². The third-order valence-corrected chi connectivity index (χ3v) is 2.75. The number of benzene rings is 1. The second kappa shape index (κ2) is 3.08.